The van der Waals surface area contributed by atoms with Crippen LogP contribution in [0.3, 0.4) is 0 Å². The second kappa shape index (κ2) is 7.40. The smallest absolute Gasteiger partial charge is 0.250 e. The predicted molar refractivity (Wildman–Crippen MR) is 95.2 cm³/mol. The van der Waals surface area contributed by atoms with Gasteiger partial charge in [-0.15, -0.1) is 4.85 Å². The van der Waals surface area contributed by atoms with Crippen LogP contribution >= 0.6 is 0 Å². The zero-order valence-corrected chi connectivity index (χ0v) is 14.7. The summed E-state index contributed by atoms with van der Waals surface area (Å²) in [6.07, 6.45) is 0.960. The first kappa shape index (κ1) is 17.0. The van der Waals surface area contributed by atoms with Gasteiger partial charge in [0.05, 0.1) is 18.8 Å². The molecule has 0 fully saturated rings. The summed E-state index contributed by atoms with van der Waals surface area (Å²) in [6.45, 7) is 1.64. The van der Waals surface area contributed by atoms with Gasteiger partial charge in [-0.3, -0.25) is 0 Å². The van der Waals surface area contributed by atoms with Crippen LogP contribution < -0.4 is 14.3 Å². The minimum atomic E-state index is 0.461. The van der Waals surface area contributed by atoms with Crippen LogP contribution in [0.15, 0.2) is 42.5 Å². The first-order chi connectivity index (χ1) is 12.1. The number of hydrogen-bond donors (Lipinski definition) is 0. The number of methoxy groups -OCH3 is 1. The Balaban J connectivity index is 1.76. The lowest BCUT2D eigenvalue weighted by Crippen LogP contribution is -2.37. The standard InChI is InChI=1S/C18H22N4O3/c1-20(2)11-4-12-25-15-7-5-14(6-8-15)21-19-17-10-9-16(24-3)13-18(17)22(21)23/h5-10,13H,4,11-12H2,1-3H3. The van der Waals surface area contributed by atoms with Gasteiger partial charge in [-0.1, -0.05) is 0 Å². The number of hydrogen-bond acceptors (Lipinski definition) is 5. The normalized spacial score (nSPS) is 11.2. The van der Waals surface area contributed by atoms with Crippen molar-refractivity contribution < 1.29 is 14.3 Å². The van der Waals surface area contributed by atoms with Crippen LogP contribution in [0.4, 0.5) is 0 Å². The Morgan fingerprint density at radius 1 is 1.12 bits per heavy atom. The lowest BCUT2D eigenvalue weighted by molar-refractivity contribution is -0.664. The predicted octanol–water partition coefficient (Wildman–Crippen LogP) is 2.00. The quantitative estimate of drug-likeness (QED) is 0.373. The number of aromatic nitrogens is 3. The fourth-order valence-electron chi connectivity index (χ4n) is 2.52. The Morgan fingerprint density at radius 2 is 1.84 bits per heavy atom. The first-order valence-corrected chi connectivity index (χ1v) is 8.13. The van der Waals surface area contributed by atoms with Gasteiger partial charge in [-0.05, 0) is 55.6 Å². The van der Waals surface area contributed by atoms with E-state index in [1.54, 1.807) is 25.3 Å². The first-order valence-electron chi connectivity index (χ1n) is 8.13. The highest BCUT2D eigenvalue weighted by Gasteiger charge is 2.16. The molecule has 0 radical (unpaired) electrons. The fraction of sp³-hybridized carbons (Fsp3) is 0.333. The Morgan fingerprint density at radius 3 is 2.52 bits per heavy atom. The highest BCUT2D eigenvalue weighted by atomic mass is 16.5. The Kier molecular flexibility index (Phi) is 5.04. The van der Waals surface area contributed by atoms with Crippen molar-refractivity contribution in [1.29, 1.82) is 0 Å². The summed E-state index contributed by atoms with van der Waals surface area (Å²) in [4.78, 5) is 4.20. The van der Waals surface area contributed by atoms with Crippen molar-refractivity contribution in [1.82, 2.24) is 14.8 Å². The summed E-state index contributed by atoms with van der Waals surface area (Å²) in [7, 11) is 5.64. The van der Waals surface area contributed by atoms with E-state index < -0.39 is 0 Å². The molecule has 0 aliphatic heterocycles. The van der Waals surface area contributed by atoms with Gasteiger partial charge < -0.3 is 19.6 Å². The molecule has 0 bridgehead atoms. The minimum Gasteiger partial charge on any atom is -0.692 e. The van der Waals surface area contributed by atoms with Crippen LogP contribution in [0.2, 0.25) is 0 Å². The summed E-state index contributed by atoms with van der Waals surface area (Å²) in [6, 6.07) is 12.5. The molecule has 0 aliphatic carbocycles. The molecule has 0 saturated heterocycles. The van der Waals surface area contributed by atoms with Gasteiger partial charge in [0.15, 0.2) is 0 Å². The van der Waals surface area contributed by atoms with Crippen molar-refractivity contribution >= 4 is 11.0 Å². The third-order valence-corrected chi connectivity index (χ3v) is 3.85. The van der Waals surface area contributed by atoms with Crippen LogP contribution in [0.25, 0.3) is 16.7 Å². The summed E-state index contributed by atoms with van der Waals surface area (Å²) in [5.41, 5.74) is 1.74. The maximum absolute atomic E-state index is 12.5. The molecule has 25 heavy (non-hydrogen) atoms. The van der Waals surface area contributed by atoms with Gasteiger partial charge in [0, 0.05) is 18.7 Å². The second-order valence-electron chi connectivity index (χ2n) is 6.02. The van der Waals surface area contributed by atoms with Crippen molar-refractivity contribution in [3.05, 3.63) is 47.7 Å². The number of ether oxygens (including phenoxy) is 2. The number of fused-ring (bicyclic) bond motifs is 1. The van der Waals surface area contributed by atoms with Crippen LogP contribution in [-0.2, 0) is 0 Å². The van der Waals surface area contributed by atoms with Crippen molar-refractivity contribution in [3.8, 4) is 17.2 Å². The maximum atomic E-state index is 12.5. The van der Waals surface area contributed by atoms with Crippen LogP contribution in [0.5, 0.6) is 11.5 Å². The Hall–Kier alpha value is -2.80. The number of nitrogens with zero attached hydrogens (tertiary/aromatic N) is 4. The molecule has 0 N–H and O–H groups in total. The molecule has 7 nitrogen and oxygen atoms in total. The molecule has 1 heterocycles. The monoisotopic (exact) mass is 342 g/mol. The zero-order chi connectivity index (χ0) is 17.8. The van der Waals surface area contributed by atoms with Crippen molar-refractivity contribution in [3.63, 3.8) is 0 Å². The van der Waals surface area contributed by atoms with Gasteiger partial charge in [-0.2, -0.15) is 0 Å². The molecule has 1 aromatic heterocycles. The number of benzene rings is 2. The summed E-state index contributed by atoms with van der Waals surface area (Å²) in [5, 5.41) is 16.8. The molecule has 0 spiro atoms. The van der Waals surface area contributed by atoms with Gasteiger partial charge >= 0.3 is 0 Å². The van der Waals surface area contributed by atoms with E-state index in [1.165, 1.54) is 4.80 Å². The third kappa shape index (κ3) is 3.83. The van der Waals surface area contributed by atoms with E-state index in [0.29, 0.717) is 29.1 Å². The highest BCUT2D eigenvalue weighted by Crippen LogP contribution is 2.19. The zero-order valence-electron chi connectivity index (χ0n) is 14.7. The average molecular weight is 342 g/mol. The lowest BCUT2D eigenvalue weighted by Gasteiger charge is -2.10. The van der Waals surface area contributed by atoms with E-state index in [0.717, 1.165) is 23.6 Å². The second-order valence-corrected chi connectivity index (χ2v) is 6.02. The molecule has 0 atom stereocenters. The van der Waals surface area contributed by atoms with E-state index in [9.17, 15) is 5.21 Å². The van der Waals surface area contributed by atoms with E-state index in [-0.39, 0.29) is 0 Å². The number of rotatable bonds is 7. The highest BCUT2D eigenvalue weighted by molar-refractivity contribution is 5.72. The van der Waals surface area contributed by atoms with Crippen LogP contribution in [0, 0.1) is 5.21 Å². The maximum Gasteiger partial charge on any atom is 0.250 e. The molecule has 3 rings (SSSR count). The molecular weight excluding hydrogens is 320 g/mol. The van der Waals surface area contributed by atoms with Gasteiger partial charge in [0.1, 0.15) is 17.2 Å². The molecular formula is C18H22N4O3. The van der Waals surface area contributed by atoms with E-state index in [1.807, 2.05) is 38.4 Å². The van der Waals surface area contributed by atoms with Crippen LogP contribution in [0.1, 0.15) is 6.42 Å². The molecule has 0 aliphatic rings. The summed E-state index contributed by atoms with van der Waals surface area (Å²) >= 11 is 0. The fourth-order valence-corrected chi connectivity index (χ4v) is 2.52. The van der Waals surface area contributed by atoms with Crippen LogP contribution in [-0.4, -0.2) is 49.2 Å². The SMILES string of the molecule is COc1ccc2nn(-c3ccc(OCCCN(C)C)cc3)[n+]([O-])c2c1. The summed E-state index contributed by atoms with van der Waals surface area (Å²) in [5.74, 6) is 1.40. The molecule has 132 valence electrons. The molecule has 7 heteroatoms. The van der Waals surface area contributed by atoms with Crippen molar-refractivity contribution in [2.75, 3.05) is 34.4 Å². The topological polar surface area (TPSA) is 66.5 Å². The van der Waals surface area contributed by atoms with Crippen molar-refractivity contribution in [2.24, 2.45) is 0 Å². The Labute approximate surface area is 146 Å². The third-order valence-electron chi connectivity index (χ3n) is 3.85. The lowest BCUT2D eigenvalue weighted by atomic mass is 10.3. The minimum absolute atomic E-state index is 0.461. The van der Waals surface area contributed by atoms with E-state index in [2.05, 4.69) is 10.00 Å². The van der Waals surface area contributed by atoms with E-state index >= 15 is 0 Å². The van der Waals surface area contributed by atoms with Gasteiger partial charge in [0.2, 0.25) is 5.52 Å². The average Bonchev–Trinajstić information content (AvgIpc) is 2.95. The van der Waals surface area contributed by atoms with Crippen molar-refractivity contribution in [2.45, 2.75) is 6.42 Å². The van der Waals surface area contributed by atoms with Gasteiger partial charge in [0.25, 0.3) is 5.52 Å². The summed E-state index contributed by atoms with van der Waals surface area (Å²) < 4.78 is 10.9. The van der Waals surface area contributed by atoms with Gasteiger partial charge in [-0.25, -0.2) is 0 Å². The molecule has 2 aromatic carbocycles. The van der Waals surface area contributed by atoms with E-state index in [4.69, 9.17) is 9.47 Å². The Bertz CT molecular complexity index is 843. The molecule has 0 unspecified atom stereocenters. The molecule has 3 aromatic rings. The molecule has 0 amide bonds. The molecule has 0 saturated carbocycles. The largest absolute Gasteiger partial charge is 0.692 e.